The Morgan fingerprint density at radius 3 is 2.56 bits per heavy atom. The summed E-state index contributed by atoms with van der Waals surface area (Å²) in [5.41, 5.74) is 3.83. The van der Waals surface area contributed by atoms with Gasteiger partial charge < -0.3 is 10.2 Å². The lowest BCUT2D eigenvalue weighted by Crippen LogP contribution is -2.34. The van der Waals surface area contributed by atoms with Crippen LogP contribution in [0.5, 0.6) is 0 Å². The number of hydrogen-bond donors (Lipinski definition) is 1. The van der Waals surface area contributed by atoms with Crippen LogP contribution in [-0.4, -0.2) is 23.3 Å². The molecule has 1 saturated carbocycles. The van der Waals surface area contributed by atoms with E-state index in [1.807, 2.05) is 41.3 Å². The predicted molar refractivity (Wildman–Crippen MR) is 107 cm³/mol. The number of carbonyl (C=O) groups excluding carboxylic acids is 2. The molecule has 4 rings (SSSR count). The molecule has 1 aliphatic carbocycles. The maximum atomic E-state index is 12.6. The summed E-state index contributed by atoms with van der Waals surface area (Å²) in [6, 6.07) is 15.8. The molecule has 1 saturated heterocycles. The van der Waals surface area contributed by atoms with Gasteiger partial charge in [0.15, 0.2) is 0 Å². The summed E-state index contributed by atoms with van der Waals surface area (Å²) in [6.45, 7) is 1.43. The highest BCUT2D eigenvalue weighted by atomic mass is 16.2. The van der Waals surface area contributed by atoms with Crippen LogP contribution < -0.4 is 5.32 Å². The Bertz CT molecular complexity index is 825. The van der Waals surface area contributed by atoms with E-state index in [9.17, 15) is 9.59 Å². The molecule has 2 aromatic rings. The standard InChI is InChI=1S/C23H26N2O2/c26-22-9-1-2-14-25(22)16-17-5-3-8-21(15-17)24-23(27)20-12-10-19(11-13-20)18-6-4-7-18/h3,5,8,10-13,15,18H,1-2,4,6-7,9,14,16H2,(H,24,27). The van der Waals surface area contributed by atoms with Gasteiger partial charge in [-0.25, -0.2) is 0 Å². The summed E-state index contributed by atoms with van der Waals surface area (Å²) < 4.78 is 0. The lowest BCUT2D eigenvalue weighted by atomic mass is 9.80. The number of piperidine rings is 1. The maximum Gasteiger partial charge on any atom is 0.255 e. The quantitative estimate of drug-likeness (QED) is 0.837. The fraction of sp³-hybridized carbons (Fsp3) is 0.391. The summed E-state index contributed by atoms with van der Waals surface area (Å²) >= 11 is 0. The van der Waals surface area contributed by atoms with Crippen molar-refractivity contribution < 1.29 is 9.59 Å². The van der Waals surface area contributed by atoms with Gasteiger partial charge in [-0.3, -0.25) is 9.59 Å². The van der Waals surface area contributed by atoms with Gasteiger partial charge in [-0.15, -0.1) is 0 Å². The van der Waals surface area contributed by atoms with Gasteiger partial charge in [0.1, 0.15) is 0 Å². The van der Waals surface area contributed by atoms with E-state index in [0.29, 0.717) is 24.4 Å². The summed E-state index contributed by atoms with van der Waals surface area (Å²) in [7, 11) is 0. The zero-order valence-electron chi connectivity index (χ0n) is 15.6. The first-order valence-electron chi connectivity index (χ1n) is 9.97. The second-order valence-electron chi connectivity index (χ2n) is 7.68. The Morgan fingerprint density at radius 1 is 1.04 bits per heavy atom. The third kappa shape index (κ3) is 4.21. The summed E-state index contributed by atoms with van der Waals surface area (Å²) in [4.78, 5) is 26.5. The van der Waals surface area contributed by atoms with E-state index in [4.69, 9.17) is 0 Å². The van der Waals surface area contributed by atoms with E-state index in [2.05, 4.69) is 17.4 Å². The molecular weight excluding hydrogens is 336 g/mol. The van der Waals surface area contributed by atoms with Crippen LogP contribution in [-0.2, 0) is 11.3 Å². The molecule has 4 heteroatoms. The highest BCUT2D eigenvalue weighted by molar-refractivity contribution is 6.04. The number of amides is 2. The van der Waals surface area contributed by atoms with Gasteiger partial charge in [0.2, 0.25) is 5.91 Å². The minimum atomic E-state index is -0.0960. The van der Waals surface area contributed by atoms with Crippen LogP contribution in [0.2, 0.25) is 0 Å². The van der Waals surface area contributed by atoms with Gasteiger partial charge in [0, 0.05) is 30.8 Å². The van der Waals surface area contributed by atoms with Crippen molar-refractivity contribution in [1.82, 2.24) is 4.90 Å². The number of nitrogens with one attached hydrogen (secondary N) is 1. The molecule has 0 radical (unpaired) electrons. The van der Waals surface area contributed by atoms with Crippen LogP contribution in [0.25, 0.3) is 0 Å². The predicted octanol–water partition coefficient (Wildman–Crippen LogP) is 4.72. The van der Waals surface area contributed by atoms with E-state index in [0.717, 1.165) is 30.6 Å². The number of likely N-dealkylation sites (tertiary alicyclic amines) is 1. The number of carbonyl (C=O) groups is 2. The first-order valence-corrected chi connectivity index (χ1v) is 9.97. The Morgan fingerprint density at radius 2 is 1.85 bits per heavy atom. The molecular formula is C23H26N2O2. The SMILES string of the molecule is O=C(Nc1cccc(CN2CCCCC2=O)c1)c1ccc(C2CCC2)cc1. The highest BCUT2D eigenvalue weighted by Gasteiger charge is 2.20. The number of nitrogens with zero attached hydrogens (tertiary/aromatic N) is 1. The van der Waals surface area contributed by atoms with Gasteiger partial charge in [0.25, 0.3) is 5.91 Å². The lowest BCUT2D eigenvalue weighted by molar-refractivity contribution is -0.133. The average molecular weight is 362 g/mol. The molecule has 1 heterocycles. The van der Waals surface area contributed by atoms with Crippen LogP contribution in [0.3, 0.4) is 0 Å². The molecule has 2 fully saturated rings. The Kier molecular flexibility index (Phi) is 5.23. The third-order valence-electron chi connectivity index (χ3n) is 5.73. The van der Waals surface area contributed by atoms with Crippen molar-refractivity contribution in [1.29, 1.82) is 0 Å². The van der Waals surface area contributed by atoms with Crippen LogP contribution in [0.1, 0.15) is 65.9 Å². The van der Waals surface area contributed by atoms with Gasteiger partial charge >= 0.3 is 0 Å². The molecule has 0 unspecified atom stereocenters. The van der Waals surface area contributed by atoms with Crippen molar-refractivity contribution in [2.24, 2.45) is 0 Å². The summed E-state index contributed by atoms with van der Waals surface area (Å²) in [5, 5.41) is 2.98. The molecule has 4 nitrogen and oxygen atoms in total. The lowest BCUT2D eigenvalue weighted by Gasteiger charge is -2.27. The zero-order chi connectivity index (χ0) is 18.6. The van der Waals surface area contributed by atoms with Crippen LogP contribution in [0, 0.1) is 0 Å². The molecule has 27 heavy (non-hydrogen) atoms. The molecule has 2 amide bonds. The molecule has 0 atom stereocenters. The summed E-state index contributed by atoms with van der Waals surface area (Å²) in [6.07, 6.45) is 6.54. The van der Waals surface area contributed by atoms with E-state index in [1.54, 1.807) is 0 Å². The number of anilines is 1. The van der Waals surface area contributed by atoms with E-state index in [1.165, 1.54) is 24.8 Å². The topological polar surface area (TPSA) is 49.4 Å². The fourth-order valence-electron chi connectivity index (χ4n) is 3.85. The second-order valence-corrected chi connectivity index (χ2v) is 7.68. The normalized spacial score (nSPS) is 17.5. The molecule has 2 aromatic carbocycles. The zero-order valence-corrected chi connectivity index (χ0v) is 15.6. The maximum absolute atomic E-state index is 12.6. The number of benzene rings is 2. The monoisotopic (exact) mass is 362 g/mol. The molecule has 0 bridgehead atoms. The molecule has 0 spiro atoms. The number of rotatable bonds is 5. The molecule has 1 aliphatic heterocycles. The van der Waals surface area contributed by atoms with Crippen molar-refractivity contribution in [3.05, 3.63) is 65.2 Å². The van der Waals surface area contributed by atoms with E-state index < -0.39 is 0 Å². The average Bonchev–Trinajstić information content (AvgIpc) is 2.63. The van der Waals surface area contributed by atoms with Crippen molar-refractivity contribution in [3.8, 4) is 0 Å². The van der Waals surface area contributed by atoms with Crippen LogP contribution >= 0.6 is 0 Å². The first kappa shape index (κ1) is 17.8. The highest BCUT2D eigenvalue weighted by Crippen LogP contribution is 2.36. The van der Waals surface area contributed by atoms with Gasteiger partial charge in [-0.2, -0.15) is 0 Å². The molecule has 2 aliphatic rings. The van der Waals surface area contributed by atoms with Crippen LogP contribution in [0.4, 0.5) is 5.69 Å². The summed E-state index contributed by atoms with van der Waals surface area (Å²) in [5.74, 6) is 0.805. The van der Waals surface area contributed by atoms with Crippen molar-refractivity contribution in [3.63, 3.8) is 0 Å². The molecule has 1 N–H and O–H groups in total. The van der Waals surface area contributed by atoms with Gasteiger partial charge in [-0.05, 0) is 67.0 Å². The smallest absolute Gasteiger partial charge is 0.255 e. The Balaban J connectivity index is 1.39. The fourth-order valence-corrected chi connectivity index (χ4v) is 3.85. The molecule has 0 aromatic heterocycles. The van der Waals surface area contributed by atoms with Crippen molar-refractivity contribution >= 4 is 17.5 Å². The minimum Gasteiger partial charge on any atom is -0.338 e. The molecule has 140 valence electrons. The van der Waals surface area contributed by atoms with E-state index in [-0.39, 0.29) is 11.8 Å². The van der Waals surface area contributed by atoms with Crippen LogP contribution in [0.15, 0.2) is 48.5 Å². The van der Waals surface area contributed by atoms with E-state index >= 15 is 0 Å². The van der Waals surface area contributed by atoms with Gasteiger partial charge in [-0.1, -0.05) is 30.7 Å². The first-order chi connectivity index (χ1) is 13.2. The Labute approximate surface area is 160 Å². The van der Waals surface area contributed by atoms with Gasteiger partial charge in [0.05, 0.1) is 0 Å². The third-order valence-corrected chi connectivity index (χ3v) is 5.73. The van der Waals surface area contributed by atoms with Crippen molar-refractivity contribution in [2.45, 2.75) is 51.0 Å². The second kappa shape index (κ2) is 7.95. The largest absolute Gasteiger partial charge is 0.338 e. The Hall–Kier alpha value is -2.62. The minimum absolute atomic E-state index is 0.0960. The number of hydrogen-bond acceptors (Lipinski definition) is 2. The van der Waals surface area contributed by atoms with Crippen molar-refractivity contribution in [2.75, 3.05) is 11.9 Å².